The normalized spacial score (nSPS) is 16.8. The van der Waals surface area contributed by atoms with Crippen molar-refractivity contribution in [3.05, 3.63) is 35.6 Å². The molecule has 0 radical (unpaired) electrons. The molecule has 7 nitrogen and oxygen atoms in total. The SMILES string of the molecule is CCC(Oc1c(O)c(C(C)O)cc(OC)c1-c1noc2cc(F)ccc12)N1CCCCC1. The summed E-state index contributed by atoms with van der Waals surface area (Å²) in [5, 5.41) is 26.1. The molecule has 0 spiro atoms. The number of piperidine rings is 1. The van der Waals surface area contributed by atoms with Crippen molar-refractivity contribution in [2.45, 2.75) is 51.9 Å². The highest BCUT2D eigenvalue weighted by molar-refractivity contribution is 5.96. The number of halogens is 1. The minimum absolute atomic E-state index is 0.164. The van der Waals surface area contributed by atoms with Gasteiger partial charge in [-0.2, -0.15) is 0 Å². The number of fused-ring (bicyclic) bond motifs is 1. The van der Waals surface area contributed by atoms with Gasteiger partial charge < -0.3 is 24.2 Å². The lowest BCUT2D eigenvalue weighted by Gasteiger charge is -2.34. The molecule has 2 heterocycles. The topological polar surface area (TPSA) is 88.2 Å². The maximum atomic E-state index is 13.7. The molecule has 172 valence electrons. The maximum absolute atomic E-state index is 13.7. The lowest BCUT2D eigenvalue weighted by Crippen LogP contribution is -2.42. The maximum Gasteiger partial charge on any atom is 0.177 e. The molecule has 2 aromatic carbocycles. The molecule has 8 heteroatoms. The van der Waals surface area contributed by atoms with Gasteiger partial charge in [-0.05, 0) is 44.4 Å². The van der Waals surface area contributed by atoms with E-state index in [0.717, 1.165) is 25.9 Å². The summed E-state index contributed by atoms with van der Waals surface area (Å²) < 4.78 is 31.1. The highest BCUT2D eigenvalue weighted by Gasteiger charge is 2.30. The van der Waals surface area contributed by atoms with E-state index in [1.165, 1.54) is 25.7 Å². The molecular formula is C24H29FN2O5. The Morgan fingerprint density at radius 3 is 2.62 bits per heavy atom. The van der Waals surface area contributed by atoms with Gasteiger partial charge in [-0.3, -0.25) is 4.90 Å². The summed E-state index contributed by atoms with van der Waals surface area (Å²) in [6, 6.07) is 5.71. The fourth-order valence-corrected chi connectivity index (χ4v) is 4.31. The van der Waals surface area contributed by atoms with E-state index >= 15 is 0 Å². The summed E-state index contributed by atoms with van der Waals surface area (Å²) >= 11 is 0. The Kier molecular flexibility index (Phi) is 6.53. The zero-order chi connectivity index (χ0) is 22.8. The van der Waals surface area contributed by atoms with Gasteiger partial charge in [-0.25, -0.2) is 4.39 Å². The van der Waals surface area contributed by atoms with Gasteiger partial charge in [0, 0.05) is 24.7 Å². The number of hydrogen-bond acceptors (Lipinski definition) is 7. The van der Waals surface area contributed by atoms with Crippen molar-refractivity contribution >= 4 is 11.0 Å². The van der Waals surface area contributed by atoms with E-state index < -0.39 is 11.9 Å². The molecule has 2 atom stereocenters. The molecule has 1 fully saturated rings. The average molecular weight is 445 g/mol. The van der Waals surface area contributed by atoms with E-state index in [1.807, 2.05) is 6.92 Å². The van der Waals surface area contributed by atoms with Crippen LogP contribution in [0.5, 0.6) is 17.2 Å². The fraction of sp³-hybridized carbons (Fsp3) is 0.458. The van der Waals surface area contributed by atoms with Crippen LogP contribution in [0.15, 0.2) is 28.8 Å². The van der Waals surface area contributed by atoms with Gasteiger partial charge in [0.25, 0.3) is 0 Å². The van der Waals surface area contributed by atoms with Gasteiger partial charge in [0.15, 0.2) is 23.3 Å². The minimum Gasteiger partial charge on any atom is -0.504 e. The summed E-state index contributed by atoms with van der Waals surface area (Å²) in [7, 11) is 1.50. The number of aromatic nitrogens is 1. The molecular weight excluding hydrogens is 415 g/mol. The Hall–Kier alpha value is -2.84. The second kappa shape index (κ2) is 9.34. The van der Waals surface area contributed by atoms with E-state index in [0.29, 0.717) is 28.8 Å². The molecule has 0 bridgehead atoms. The first-order valence-corrected chi connectivity index (χ1v) is 11.0. The monoisotopic (exact) mass is 444 g/mol. The van der Waals surface area contributed by atoms with Crippen molar-refractivity contribution in [3.63, 3.8) is 0 Å². The number of phenolic OH excluding ortho intramolecular Hbond substituents is 1. The Bertz CT molecular complexity index is 1090. The largest absolute Gasteiger partial charge is 0.504 e. The van der Waals surface area contributed by atoms with Crippen LogP contribution in [-0.4, -0.2) is 46.7 Å². The van der Waals surface area contributed by atoms with Crippen LogP contribution in [0.2, 0.25) is 0 Å². The van der Waals surface area contributed by atoms with E-state index in [2.05, 4.69) is 10.1 Å². The fourth-order valence-electron chi connectivity index (χ4n) is 4.31. The zero-order valence-corrected chi connectivity index (χ0v) is 18.6. The number of hydrogen-bond donors (Lipinski definition) is 2. The standard InChI is InChI=1S/C24H29FN2O5/c1-4-20(27-10-6-5-7-11-27)31-24-21(19(30-3)13-17(14(2)28)23(24)29)22-16-9-8-15(25)12-18(16)32-26-22/h8-9,12-14,20,28-29H,4-7,10-11H2,1-3H3. The Morgan fingerprint density at radius 2 is 1.97 bits per heavy atom. The number of methoxy groups -OCH3 is 1. The van der Waals surface area contributed by atoms with Crippen molar-refractivity contribution in [2.75, 3.05) is 20.2 Å². The van der Waals surface area contributed by atoms with Crippen LogP contribution < -0.4 is 9.47 Å². The Morgan fingerprint density at radius 1 is 1.22 bits per heavy atom. The predicted molar refractivity (Wildman–Crippen MR) is 118 cm³/mol. The smallest absolute Gasteiger partial charge is 0.177 e. The lowest BCUT2D eigenvalue weighted by atomic mass is 9.99. The number of benzene rings is 2. The minimum atomic E-state index is -0.946. The van der Waals surface area contributed by atoms with Crippen molar-refractivity contribution in [2.24, 2.45) is 0 Å². The number of aliphatic hydroxyl groups is 1. The van der Waals surface area contributed by atoms with Gasteiger partial charge in [0.2, 0.25) is 0 Å². The van der Waals surface area contributed by atoms with Crippen LogP contribution in [-0.2, 0) is 0 Å². The third kappa shape index (κ3) is 4.12. The van der Waals surface area contributed by atoms with Crippen molar-refractivity contribution in [3.8, 4) is 28.5 Å². The molecule has 0 saturated carbocycles. The molecule has 2 N–H and O–H groups in total. The van der Waals surface area contributed by atoms with Gasteiger partial charge in [-0.15, -0.1) is 0 Å². The number of phenols is 1. The molecule has 3 aromatic rings. The number of nitrogens with zero attached hydrogens (tertiary/aromatic N) is 2. The van der Waals surface area contributed by atoms with Crippen molar-refractivity contribution < 1.29 is 28.6 Å². The van der Waals surface area contributed by atoms with Crippen molar-refractivity contribution in [1.82, 2.24) is 10.1 Å². The molecule has 4 rings (SSSR count). The number of ether oxygens (including phenoxy) is 2. The van der Waals surface area contributed by atoms with Gasteiger partial charge in [0.1, 0.15) is 17.3 Å². The van der Waals surface area contributed by atoms with Crippen LogP contribution in [0, 0.1) is 5.82 Å². The molecule has 0 amide bonds. The first-order chi connectivity index (χ1) is 15.4. The van der Waals surface area contributed by atoms with Crippen LogP contribution in [0.4, 0.5) is 4.39 Å². The molecule has 0 aliphatic carbocycles. The van der Waals surface area contributed by atoms with E-state index in [9.17, 15) is 14.6 Å². The highest BCUT2D eigenvalue weighted by Crippen LogP contribution is 2.49. The summed E-state index contributed by atoms with van der Waals surface area (Å²) in [6.45, 7) is 5.41. The van der Waals surface area contributed by atoms with Gasteiger partial charge >= 0.3 is 0 Å². The second-order valence-electron chi connectivity index (χ2n) is 8.15. The predicted octanol–water partition coefficient (Wildman–Crippen LogP) is 5.00. The molecule has 32 heavy (non-hydrogen) atoms. The first kappa shape index (κ1) is 22.4. The van der Waals surface area contributed by atoms with Crippen molar-refractivity contribution in [1.29, 1.82) is 0 Å². The Labute approximate surface area is 186 Å². The number of aliphatic hydroxyl groups excluding tert-OH is 1. The van der Waals surface area contributed by atoms with Crippen LogP contribution in [0.3, 0.4) is 0 Å². The third-order valence-corrected chi connectivity index (χ3v) is 5.99. The van der Waals surface area contributed by atoms with E-state index in [4.69, 9.17) is 14.0 Å². The zero-order valence-electron chi connectivity index (χ0n) is 18.6. The number of rotatable bonds is 7. The van der Waals surface area contributed by atoms with Crippen LogP contribution >= 0.6 is 0 Å². The van der Waals surface area contributed by atoms with Crippen LogP contribution in [0.1, 0.15) is 51.2 Å². The number of likely N-dealkylation sites (tertiary alicyclic amines) is 1. The second-order valence-corrected chi connectivity index (χ2v) is 8.15. The molecule has 1 aromatic heterocycles. The molecule has 1 saturated heterocycles. The molecule has 1 aliphatic heterocycles. The molecule has 2 unspecified atom stereocenters. The highest BCUT2D eigenvalue weighted by atomic mass is 19.1. The summed E-state index contributed by atoms with van der Waals surface area (Å²) in [5.41, 5.74) is 1.33. The van der Waals surface area contributed by atoms with E-state index in [-0.39, 0.29) is 28.9 Å². The summed E-state index contributed by atoms with van der Waals surface area (Å²) in [4.78, 5) is 2.25. The lowest BCUT2D eigenvalue weighted by molar-refractivity contribution is 0.00823. The van der Waals surface area contributed by atoms with Gasteiger partial charge in [0.05, 0.1) is 24.2 Å². The third-order valence-electron chi connectivity index (χ3n) is 5.99. The number of aromatic hydroxyl groups is 1. The summed E-state index contributed by atoms with van der Waals surface area (Å²) in [5.74, 6) is -0.0875. The average Bonchev–Trinajstić information content (AvgIpc) is 3.20. The quantitative estimate of drug-likeness (QED) is 0.530. The first-order valence-electron chi connectivity index (χ1n) is 11.0. The molecule has 1 aliphatic rings. The summed E-state index contributed by atoms with van der Waals surface area (Å²) in [6.07, 6.45) is 2.86. The van der Waals surface area contributed by atoms with Crippen LogP contribution in [0.25, 0.3) is 22.2 Å². The van der Waals surface area contributed by atoms with Gasteiger partial charge in [-0.1, -0.05) is 18.5 Å². The Balaban J connectivity index is 1.90. The van der Waals surface area contributed by atoms with E-state index in [1.54, 1.807) is 19.1 Å².